The van der Waals surface area contributed by atoms with Crippen molar-refractivity contribution in [1.82, 2.24) is 4.90 Å². The van der Waals surface area contributed by atoms with Crippen LogP contribution in [0.4, 0.5) is 0 Å². The van der Waals surface area contributed by atoms with Crippen LogP contribution in [0.25, 0.3) is 5.76 Å². The number of benzene rings is 2. The average molecular weight is 454 g/mol. The van der Waals surface area contributed by atoms with Gasteiger partial charge in [-0.25, -0.2) is 0 Å². The lowest BCUT2D eigenvalue weighted by Gasteiger charge is -2.27. The summed E-state index contributed by atoms with van der Waals surface area (Å²) in [6.07, 6.45) is 0.430. The fraction of sp³-hybridized carbons (Fsp3) is 0.385. The lowest BCUT2D eigenvalue weighted by molar-refractivity contribution is -0.140. The van der Waals surface area contributed by atoms with Gasteiger partial charge in [0, 0.05) is 25.8 Å². The van der Waals surface area contributed by atoms with E-state index in [0.717, 1.165) is 5.56 Å². The molecule has 33 heavy (non-hydrogen) atoms. The second-order valence-corrected chi connectivity index (χ2v) is 8.25. The molecule has 1 amide bonds. The van der Waals surface area contributed by atoms with Gasteiger partial charge in [0.05, 0.1) is 30.4 Å². The van der Waals surface area contributed by atoms with Gasteiger partial charge in [-0.3, -0.25) is 9.59 Å². The second kappa shape index (κ2) is 10.5. The molecule has 1 saturated heterocycles. The van der Waals surface area contributed by atoms with Gasteiger partial charge in [-0.1, -0.05) is 29.8 Å². The molecule has 1 N–H and O–H groups in total. The molecule has 0 aliphatic carbocycles. The summed E-state index contributed by atoms with van der Waals surface area (Å²) in [6.45, 7) is 6.42. The van der Waals surface area contributed by atoms with Gasteiger partial charge in [0.1, 0.15) is 17.3 Å². The number of amides is 1. The van der Waals surface area contributed by atoms with Crippen LogP contribution in [0.15, 0.2) is 48.0 Å². The third-order valence-electron chi connectivity index (χ3n) is 5.47. The number of ether oxygens (including phenoxy) is 3. The van der Waals surface area contributed by atoms with Crippen molar-refractivity contribution in [3.05, 3.63) is 64.7 Å². The number of hydrogen-bond donors (Lipinski definition) is 1. The molecule has 1 unspecified atom stereocenters. The van der Waals surface area contributed by atoms with Crippen molar-refractivity contribution < 1.29 is 28.9 Å². The Morgan fingerprint density at radius 1 is 1.09 bits per heavy atom. The number of carbonyl (C=O) groups is 2. The summed E-state index contributed by atoms with van der Waals surface area (Å²) < 4.78 is 16.6. The number of para-hydroxylation sites is 1. The Balaban J connectivity index is 2.24. The standard InChI is InChI=1S/C26H31NO6/c1-16(2)33-21-10-7-6-9-18(21)23-22(25(29)26(30)27(23)13-8-14-31-4)24(28)19-15-17(3)11-12-20(19)32-5/h6-7,9-12,15-16,23,28H,8,13-14H2,1-5H3/b24-22+. The monoisotopic (exact) mass is 453 g/mol. The maximum absolute atomic E-state index is 13.2. The minimum Gasteiger partial charge on any atom is -0.507 e. The molecule has 0 spiro atoms. The number of ketones is 1. The number of carbonyl (C=O) groups excluding carboxylic acids is 2. The van der Waals surface area contributed by atoms with E-state index in [9.17, 15) is 14.7 Å². The number of methoxy groups -OCH3 is 2. The van der Waals surface area contributed by atoms with Crippen LogP contribution in [0.5, 0.6) is 11.5 Å². The minimum absolute atomic E-state index is 0.0149. The summed E-state index contributed by atoms with van der Waals surface area (Å²) >= 11 is 0. The van der Waals surface area contributed by atoms with Gasteiger partial charge >= 0.3 is 0 Å². The normalized spacial score (nSPS) is 17.6. The number of nitrogens with zero attached hydrogens (tertiary/aromatic N) is 1. The largest absolute Gasteiger partial charge is 0.507 e. The van der Waals surface area contributed by atoms with Gasteiger partial charge in [-0.05, 0) is 45.4 Å². The van der Waals surface area contributed by atoms with E-state index in [-0.39, 0.29) is 17.4 Å². The maximum Gasteiger partial charge on any atom is 0.295 e. The molecule has 0 saturated carbocycles. The van der Waals surface area contributed by atoms with E-state index in [1.807, 2.05) is 45.0 Å². The van der Waals surface area contributed by atoms with Crippen LogP contribution < -0.4 is 9.47 Å². The summed E-state index contributed by atoms with van der Waals surface area (Å²) in [5.41, 5.74) is 1.89. The Morgan fingerprint density at radius 2 is 1.82 bits per heavy atom. The third kappa shape index (κ3) is 5.03. The van der Waals surface area contributed by atoms with Crippen molar-refractivity contribution >= 4 is 17.4 Å². The SMILES string of the molecule is COCCCN1C(=O)C(=O)/C(=C(/O)c2cc(C)ccc2OC)C1c1ccccc1OC(C)C. The first-order valence-corrected chi connectivity index (χ1v) is 11.0. The van der Waals surface area contributed by atoms with Gasteiger partial charge in [-0.15, -0.1) is 0 Å². The first-order chi connectivity index (χ1) is 15.8. The van der Waals surface area contributed by atoms with E-state index >= 15 is 0 Å². The number of rotatable bonds is 9. The van der Waals surface area contributed by atoms with Crippen molar-refractivity contribution in [1.29, 1.82) is 0 Å². The maximum atomic E-state index is 13.2. The zero-order valence-corrected chi connectivity index (χ0v) is 19.8. The van der Waals surface area contributed by atoms with Crippen LogP contribution in [0.3, 0.4) is 0 Å². The van der Waals surface area contributed by atoms with Crippen molar-refractivity contribution in [2.24, 2.45) is 0 Å². The van der Waals surface area contributed by atoms with Crippen LogP contribution in [-0.2, 0) is 14.3 Å². The summed E-state index contributed by atoms with van der Waals surface area (Å²) in [4.78, 5) is 27.8. The number of aliphatic hydroxyl groups excluding tert-OH is 1. The Bertz CT molecular complexity index is 1060. The molecule has 3 rings (SSSR count). The highest BCUT2D eigenvalue weighted by Gasteiger charge is 2.47. The number of aryl methyl sites for hydroxylation is 1. The van der Waals surface area contributed by atoms with E-state index in [0.29, 0.717) is 42.2 Å². The minimum atomic E-state index is -0.804. The highest BCUT2D eigenvalue weighted by molar-refractivity contribution is 6.46. The van der Waals surface area contributed by atoms with Gasteiger partial charge in [0.15, 0.2) is 0 Å². The third-order valence-corrected chi connectivity index (χ3v) is 5.47. The number of hydrogen-bond acceptors (Lipinski definition) is 6. The molecule has 0 radical (unpaired) electrons. The van der Waals surface area contributed by atoms with E-state index in [1.54, 1.807) is 25.3 Å². The number of Topliss-reactive ketones (excluding diaryl/α,β-unsaturated/α-hetero) is 1. The summed E-state index contributed by atoms with van der Waals surface area (Å²) in [6, 6.07) is 11.8. The predicted molar refractivity (Wildman–Crippen MR) is 125 cm³/mol. The van der Waals surface area contributed by atoms with E-state index in [4.69, 9.17) is 14.2 Å². The van der Waals surface area contributed by atoms with Gasteiger partial charge in [-0.2, -0.15) is 0 Å². The lowest BCUT2D eigenvalue weighted by Crippen LogP contribution is -2.31. The second-order valence-electron chi connectivity index (χ2n) is 8.25. The fourth-order valence-electron chi connectivity index (χ4n) is 4.03. The van der Waals surface area contributed by atoms with Crippen molar-refractivity contribution in [3.8, 4) is 11.5 Å². The molecule has 2 aromatic carbocycles. The molecule has 1 aliphatic heterocycles. The van der Waals surface area contributed by atoms with Gasteiger partial charge < -0.3 is 24.2 Å². The van der Waals surface area contributed by atoms with Crippen molar-refractivity contribution in [2.75, 3.05) is 27.4 Å². The van der Waals surface area contributed by atoms with Gasteiger partial charge in [0.2, 0.25) is 0 Å². The van der Waals surface area contributed by atoms with Crippen LogP contribution >= 0.6 is 0 Å². The van der Waals surface area contributed by atoms with E-state index in [1.165, 1.54) is 12.0 Å². The van der Waals surface area contributed by atoms with E-state index in [2.05, 4.69) is 0 Å². The lowest BCUT2D eigenvalue weighted by atomic mass is 9.94. The molecule has 1 atom stereocenters. The van der Waals surface area contributed by atoms with Crippen molar-refractivity contribution in [2.45, 2.75) is 39.3 Å². The first-order valence-electron chi connectivity index (χ1n) is 11.0. The quantitative estimate of drug-likeness (QED) is 0.264. The molecule has 176 valence electrons. The molecular weight excluding hydrogens is 422 g/mol. The molecular formula is C26H31NO6. The van der Waals surface area contributed by atoms with Gasteiger partial charge in [0.25, 0.3) is 11.7 Å². The highest BCUT2D eigenvalue weighted by Crippen LogP contribution is 2.44. The zero-order valence-electron chi connectivity index (χ0n) is 19.8. The van der Waals surface area contributed by atoms with Crippen LogP contribution in [0.2, 0.25) is 0 Å². The number of aliphatic hydroxyl groups is 1. The Morgan fingerprint density at radius 3 is 2.48 bits per heavy atom. The predicted octanol–water partition coefficient (Wildman–Crippen LogP) is 4.25. The molecule has 1 aliphatic rings. The molecule has 1 heterocycles. The van der Waals surface area contributed by atoms with Crippen LogP contribution in [-0.4, -0.2) is 55.2 Å². The molecule has 7 nitrogen and oxygen atoms in total. The van der Waals surface area contributed by atoms with Crippen molar-refractivity contribution in [3.63, 3.8) is 0 Å². The molecule has 2 aromatic rings. The first kappa shape index (κ1) is 24.3. The summed E-state index contributed by atoms with van der Waals surface area (Å²) in [5, 5.41) is 11.4. The fourth-order valence-corrected chi connectivity index (χ4v) is 4.03. The summed E-state index contributed by atoms with van der Waals surface area (Å²) in [7, 11) is 3.08. The number of likely N-dealkylation sites (tertiary alicyclic amines) is 1. The molecule has 0 aromatic heterocycles. The molecule has 7 heteroatoms. The molecule has 1 fully saturated rings. The highest BCUT2D eigenvalue weighted by atomic mass is 16.5. The summed E-state index contributed by atoms with van der Waals surface area (Å²) in [5.74, 6) is -0.707. The Labute approximate surface area is 194 Å². The zero-order chi connectivity index (χ0) is 24.1. The average Bonchev–Trinajstić information content (AvgIpc) is 3.03. The van der Waals surface area contributed by atoms with Crippen LogP contribution in [0.1, 0.15) is 43.0 Å². The topological polar surface area (TPSA) is 85.3 Å². The smallest absolute Gasteiger partial charge is 0.295 e. The molecule has 0 bridgehead atoms. The Hall–Kier alpha value is -3.32. The Kier molecular flexibility index (Phi) is 7.76. The van der Waals surface area contributed by atoms with Crippen LogP contribution in [0, 0.1) is 6.92 Å². The van der Waals surface area contributed by atoms with E-state index < -0.39 is 17.7 Å².